The van der Waals surface area contributed by atoms with E-state index in [1.165, 1.54) is 24.3 Å². The van der Waals surface area contributed by atoms with Crippen molar-refractivity contribution in [3.05, 3.63) is 83.9 Å². The van der Waals surface area contributed by atoms with E-state index in [9.17, 15) is 21.4 Å². The Hall–Kier alpha value is -2.56. The van der Waals surface area contributed by atoms with Crippen LogP contribution in [-0.4, -0.2) is 26.4 Å². The highest BCUT2D eigenvalue weighted by Gasteiger charge is 2.47. The highest BCUT2D eigenvalue weighted by atomic mass is 32.3. The van der Waals surface area contributed by atoms with E-state index in [2.05, 4.69) is 5.32 Å². The number of rotatable bonds is 6. The number of benzene rings is 3. The second-order valence-corrected chi connectivity index (χ2v) is 10.7. The van der Waals surface area contributed by atoms with Crippen molar-refractivity contribution in [3.8, 4) is 0 Å². The Balaban J connectivity index is 1.80. The fourth-order valence-electron chi connectivity index (χ4n) is 3.80. The summed E-state index contributed by atoms with van der Waals surface area (Å²) in [5, 5.41) is 2.40. The van der Waals surface area contributed by atoms with Gasteiger partial charge in [-0.1, -0.05) is 54.6 Å². The molecule has 0 aromatic heterocycles. The zero-order valence-electron chi connectivity index (χ0n) is 16.6. The Morgan fingerprint density at radius 2 is 1.58 bits per heavy atom. The summed E-state index contributed by atoms with van der Waals surface area (Å²) in [7, 11) is -9.47. The van der Waals surface area contributed by atoms with Gasteiger partial charge in [-0.2, -0.15) is 8.42 Å². The van der Waals surface area contributed by atoms with E-state index in [-0.39, 0.29) is 4.90 Å². The molecule has 0 aliphatic heterocycles. The second kappa shape index (κ2) is 7.85. The number of hydrogen-bond acceptors (Lipinski definition) is 6. The molecule has 2 atom stereocenters. The Morgan fingerprint density at radius 1 is 0.968 bits per heavy atom. The average Bonchev–Trinajstić information content (AvgIpc) is 2.72. The van der Waals surface area contributed by atoms with Gasteiger partial charge in [-0.3, -0.25) is 9.87 Å². The van der Waals surface area contributed by atoms with Gasteiger partial charge in [0.25, 0.3) is 0 Å². The van der Waals surface area contributed by atoms with Crippen LogP contribution in [0.25, 0.3) is 16.8 Å². The van der Waals surface area contributed by atoms with Gasteiger partial charge in [-0.15, -0.1) is 0 Å². The normalized spacial score (nSPS) is 18.5. The molecule has 7 nitrogen and oxygen atoms in total. The molecule has 0 bridgehead atoms. The molecule has 0 spiro atoms. The van der Waals surface area contributed by atoms with Gasteiger partial charge in [0.1, 0.15) is 0 Å². The van der Waals surface area contributed by atoms with E-state index in [4.69, 9.17) is 4.18 Å². The second-order valence-electron chi connectivity index (χ2n) is 7.44. The number of fused-ring (bicyclic) bond motifs is 2. The molecule has 0 saturated carbocycles. The minimum atomic E-state index is -5.10. The molecule has 1 aliphatic rings. The Morgan fingerprint density at radius 3 is 2.23 bits per heavy atom. The summed E-state index contributed by atoms with van der Waals surface area (Å²) in [5.41, 5.74) is 1.68. The van der Waals surface area contributed by atoms with Crippen LogP contribution in [0, 0.1) is 0 Å². The summed E-state index contributed by atoms with van der Waals surface area (Å²) in [6, 6.07) is 18.5. The zero-order valence-corrected chi connectivity index (χ0v) is 18.2. The molecule has 0 radical (unpaired) electrons. The lowest BCUT2D eigenvalue weighted by molar-refractivity contribution is 0.108. The third-order valence-corrected chi connectivity index (χ3v) is 8.03. The van der Waals surface area contributed by atoms with Gasteiger partial charge in [0.05, 0.1) is 4.90 Å². The summed E-state index contributed by atoms with van der Waals surface area (Å²) in [6.07, 6.45) is 4.21. The van der Waals surface area contributed by atoms with Gasteiger partial charge in [-0.05, 0) is 59.5 Å². The van der Waals surface area contributed by atoms with Crippen molar-refractivity contribution in [2.75, 3.05) is 0 Å². The van der Waals surface area contributed by atoms with E-state index in [1.54, 1.807) is 6.07 Å². The molecule has 1 aliphatic carbocycles. The molecule has 3 aromatic carbocycles. The molecule has 162 valence electrons. The van der Waals surface area contributed by atoms with Crippen LogP contribution in [0.3, 0.4) is 0 Å². The highest BCUT2D eigenvalue weighted by Crippen LogP contribution is 2.36. The van der Waals surface area contributed by atoms with Crippen molar-refractivity contribution in [2.24, 2.45) is 0 Å². The Labute approximate surface area is 181 Å². The predicted octanol–water partition coefficient (Wildman–Crippen LogP) is 3.85. The highest BCUT2D eigenvalue weighted by molar-refractivity contribution is 7.93. The quantitative estimate of drug-likeness (QED) is 0.425. The fraction of sp³-hybridized carbons (Fsp3) is 0.182. The minimum absolute atomic E-state index is 0.140. The molecule has 0 amide bonds. The first-order valence-corrected chi connectivity index (χ1v) is 12.4. The van der Waals surface area contributed by atoms with Gasteiger partial charge in [0, 0.05) is 6.04 Å². The van der Waals surface area contributed by atoms with Crippen molar-refractivity contribution in [2.45, 2.75) is 29.3 Å². The van der Waals surface area contributed by atoms with Crippen LogP contribution in [-0.2, 0) is 24.4 Å². The molecule has 0 heterocycles. The lowest BCUT2D eigenvalue weighted by atomic mass is 9.90. The van der Waals surface area contributed by atoms with Crippen molar-refractivity contribution < 1.29 is 25.6 Å². The Bertz CT molecular complexity index is 1370. The van der Waals surface area contributed by atoms with Gasteiger partial charge in [0.2, 0.25) is 14.9 Å². The summed E-state index contributed by atoms with van der Waals surface area (Å²) in [5.74, 6) is 0. The number of hydrogen-bond donors (Lipinski definition) is 2. The van der Waals surface area contributed by atoms with E-state index in [0.717, 1.165) is 28.8 Å². The molecular formula is C22H21NO6S2. The summed E-state index contributed by atoms with van der Waals surface area (Å²) in [4.78, 5) is -0.140. The molecule has 2 N–H and O–H groups in total. The van der Waals surface area contributed by atoms with Crippen LogP contribution in [0.2, 0.25) is 0 Å². The van der Waals surface area contributed by atoms with E-state index in [1.807, 2.05) is 48.6 Å². The minimum Gasteiger partial charge on any atom is -0.268 e. The SMILES string of the molecule is CC(NC1CC=Cc2cc3ccccc3cc21)(OS(=O)(=O)O)S(=O)(=O)c1ccccc1. The largest absolute Gasteiger partial charge is 0.400 e. The van der Waals surface area contributed by atoms with Crippen molar-refractivity contribution in [1.29, 1.82) is 0 Å². The van der Waals surface area contributed by atoms with Gasteiger partial charge >= 0.3 is 10.4 Å². The Kier molecular flexibility index (Phi) is 5.48. The van der Waals surface area contributed by atoms with Crippen LogP contribution in [0.4, 0.5) is 0 Å². The third-order valence-electron chi connectivity index (χ3n) is 5.26. The lowest BCUT2D eigenvalue weighted by Gasteiger charge is -2.34. The van der Waals surface area contributed by atoms with Gasteiger partial charge in [0.15, 0.2) is 0 Å². The molecule has 0 saturated heterocycles. The van der Waals surface area contributed by atoms with Crippen LogP contribution in [0.5, 0.6) is 0 Å². The van der Waals surface area contributed by atoms with Crippen molar-refractivity contribution in [3.63, 3.8) is 0 Å². The topological polar surface area (TPSA) is 110 Å². The van der Waals surface area contributed by atoms with Crippen LogP contribution in [0.15, 0.2) is 77.7 Å². The molecule has 2 unspecified atom stereocenters. The predicted molar refractivity (Wildman–Crippen MR) is 118 cm³/mol. The maximum Gasteiger partial charge on any atom is 0.400 e. The molecule has 9 heteroatoms. The van der Waals surface area contributed by atoms with Crippen LogP contribution < -0.4 is 5.32 Å². The maximum absolute atomic E-state index is 13.3. The summed E-state index contributed by atoms with van der Waals surface area (Å²) < 4.78 is 64.0. The van der Waals surface area contributed by atoms with E-state index >= 15 is 0 Å². The summed E-state index contributed by atoms with van der Waals surface area (Å²) in [6.45, 7) is 1.09. The van der Waals surface area contributed by atoms with Crippen molar-refractivity contribution in [1.82, 2.24) is 5.32 Å². The third kappa shape index (κ3) is 4.28. The molecule has 0 fully saturated rings. The summed E-state index contributed by atoms with van der Waals surface area (Å²) >= 11 is 0. The first kappa shape index (κ1) is 21.7. The number of sulfone groups is 1. The molecular weight excluding hydrogens is 438 g/mol. The molecule has 3 aromatic rings. The van der Waals surface area contributed by atoms with Gasteiger partial charge < -0.3 is 0 Å². The van der Waals surface area contributed by atoms with Crippen LogP contribution >= 0.6 is 0 Å². The monoisotopic (exact) mass is 459 g/mol. The van der Waals surface area contributed by atoms with Crippen LogP contribution in [0.1, 0.15) is 30.5 Å². The smallest absolute Gasteiger partial charge is 0.268 e. The van der Waals surface area contributed by atoms with E-state index in [0.29, 0.717) is 6.42 Å². The number of nitrogens with one attached hydrogen (secondary N) is 1. The molecule has 31 heavy (non-hydrogen) atoms. The maximum atomic E-state index is 13.3. The first-order valence-electron chi connectivity index (χ1n) is 9.54. The zero-order chi connectivity index (χ0) is 22.3. The average molecular weight is 460 g/mol. The van der Waals surface area contributed by atoms with E-state index < -0.39 is 31.3 Å². The standard InChI is InChI=1S/C22H21NO6S2/c1-22(29-31(26,27)28,30(24,25)19-11-3-2-4-12-19)23-21-13-7-10-18-14-16-8-5-6-9-17(16)15-20(18)21/h2-12,14-15,21,23H,13H2,1H3,(H,26,27,28). The van der Waals surface area contributed by atoms with Gasteiger partial charge in [-0.25, -0.2) is 12.6 Å². The fourth-order valence-corrected chi connectivity index (χ4v) is 6.13. The first-order chi connectivity index (χ1) is 14.6. The van der Waals surface area contributed by atoms with Crippen molar-refractivity contribution >= 4 is 37.1 Å². The lowest BCUT2D eigenvalue weighted by Crippen LogP contribution is -2.54. The molecule has 4 rings (SSSR count).